The molecule has 4 fully saturated rings. The lowest BCUT2D eigenvalue weighted by atomic mass is 9.45. The number of rotatable bonds is 1. The van der Waals surface area contributed by atoms with Crippen molar-refractivity contribution in [1.29, 1.82) is 5.41 Å². The standard InChI is InChI=1S/C20H29FN2O2/c1-19-6-4-11(22)8-15(19)17(23-25-3)9-12-13(19)5-7-20(2)14(12)10-16(21)18(20)24/h12-16,22H,4-10H2,1-3H3/b22-11?,23-17+/t12?,13?,14?,15?,16?,19-,20+/m1/s1. The Morgan fingerprint density at radius 3 is 2.72 bits per heavy atom. The number of nitrogens with one attached hydrogen (secondary N) is 1. The summed E-state index contributed by atoms with van der Waals surface area (Å²) in [7, 11) is 1.58. The molecule has 0 radical (unpaired) electrons. The van der Waals surface area contributed by atoms with E-state index in [-0.39, 0.29) is 23.0 Å². The van der Waals surface area contributed by atoms with Crippen LogP contribution in [0.15, 0.2) is 5.16 Å². The molecular formula is C20H29FN2O2. The zero-order valence-electron chi connectivity index (χ0n) is 15.5. The smallest absolute Gasteiger partial charge is 0.173 e. The molecule has 5 heteroatoms. The van der Waals surface area contributed by atoms with E-state index in [9.17, 15) is 9.18 Å². The molecular weight excluding hydrogens is 319 g/mol. The summed E-state index contributed by atoms with van der Waals surface area (Å²) < 4.78 is 14.3. The normalized spacial score (nSPS) is 51.0. The monoisotopic (exact) mass is 348 g/mol. The number of hydrogen-bond acceptors (Lipinski definition) is 4. The molecule has 138 valence electrons. The second-order valence-electron chi connectivity index (χ2n) is 9.24. The molecule has 0 heterocycles. The highest BCUT2D eigenvalue weighted by Gasteiger charge is 2.63. The van der Waals surface area contributed by atoms with Gasteiger partial charge in [0, 0.05) is 17.0 Å². The molecule has 4 saturated carbocycles. The van der Waals surface area contributed by atoms with Crippen LogP contribution in [0.4, 0.5) is 4.39 Å². The fraction of sp³-hybridized carbons (Fsp3) is 0.850. The number of hydrogen-bond donors (Lipinski definition) is 1. The topological polar surface area (TPSA) is 62.5 Å². The SMILES string of the molecule is CO/N=C1\CC2C(CC[C@]3(C)C(=O)C(F)CC23)[C@@]2(C)CCC(=N)CC12. The van der Waals surface area contributed by atoms with Gasteiger partial charge in [-0.15, -0.1) is 0 Å². The Bertz CT molecular complexity index is 648. The van der Waals surface area contributed by atoms with Gasteiger partial charge in [-0.05, 0) is 68.1 Å². The van der Waals surface area contributed by atoms with Crippen molar-refractivity contribution in [2.24, 2.45) is 39.7 Å². The second-order valence-corrected chi connectivity index (χ2v) is 9.24. The maximum atomic E-state index is 14.3. The number of fused-ring (bicyclic) bond motifs is 5. The summed E-state index contributed by atoms with van der Waals surface area (Å²) in [6, 6.07) is 0. The number of carbonyl (C=O) groups is 1. The molecule has 4 rings (SSSR count). The second kappa shape index (κ2) is 5.62. The Morgan fingerprint density at radius 2 is 2.00 bits per heavy atom. The maximum Gasteiger partial charge on any atom is 0.173 e. The molecule has 4 aliphatic carbocycles. The Morgan fingerprint density at radius 1 is 1.24 bits per heavy atom. The Balaban J connectivity index is 1.74. The summed E-state index contributed by atoms with van der Waals surface area (Å²) in [5, 5.41) is 12.5. The number of Topliss-reactive ketones (excluding diaryl/α,β-unsaturated/α-hetero) is 1. The van der Waals surface area contributed by atoms with E-state index in [0.29, 0.717) is 18.3 Å². The first-order valence-corrected chi connectivity index (χ1v) is 9.66. The molecule has 0 saturated heterocycles. The minimum atomic E-state index is -1.29. The van der Waals surface area contributed by atoms with Gasteiger partial charge in [0.15, 0.2) is 12.0 Å². The van der Waals surface area contributed by atoms with Gasteiger partial charge in [-0.25, -0.2) is 4.39 Å². The van der Waals surface area contributed by atoms with Crippen LogP contribution < -0.4 is 0 Å². The number of nitrogens with zero attached hydrogens (tertiary/aromatic N) is 1. The number of halogens is 1. The lowest BCUT2D eigenvalue weighted by Crippen LogP contribution is -2.56. The van der Waals surface area contributed by atoms with Crippen molar-refractivity contribution in [3.63, 3.8) is 0 Å². The van der Waals surface area contributed by atoms with Crippen LogP contribution in [0.3, 0.4) is 0 Å². The van der Waals surface area contributed by atoms with E-state index in [4.69, 9.17) is 10.2 Å². The van der Waals surface area contributed by atoms with Crippen LogP contribution in [0.25, 0.3) is 0 Å². The van der Waals surface area contributed by atoms with E-state index in [1.165, 1.54) is 0 Å². The lowest BCUT2D eigenvalue weighted by molar-refractivity contribution is -0.135. The first kappa shape index (κ1) is 17.2. The summed E-state index contributed by atoms with van der Waals surface area (Å²) >= 11 is 0. The summed E-state index contributed by atoms with van der Waals surface area (Å²) in [5.74, 6) is 1.02. The molecule has 0 aromatic carbocycles. The van der Waals surface area contributed by atoms with Gasteiger partial charge in [0.25, 0.3) is 0 Å². The molecule has 4 aliphatic rings. The lowest BCUT2D eigenvalue weighted by Gasteiger charge is -2.59. The van der Waals surface area contributed by atoms with Crippen LogP contribution in [0.1, 0.15) is 58.8 Å². The predicted molar refractivity (Wildman–Crippen MR) is 94.6 cm³/mol. The molecule has 0 amide bonds. The first-order valence-electron chi connectivity index (χ1n) is 9.66. The molecule has 1 N–H and O–H groups in total. The van der Waals surface area contributed by atoms with E-state index in [1.807, 2.05) is 6.92 Å². The molecule has 0 aromatic heterocycles. The molecule has 4 nitrogen and oxygen atoms in total. The highest BCUT2D eigenvalue weighted by molar-refractivity contribution is 5.95. The molecule has 5 unspecified atom stereocenters. The third-order valence-corrected chi connectivity index (χ3v) is 8.25. The minimum absolute atomic E-state index is 0.0869. The first-order chi connectivity index (χ1) is 11.8. The van der Waals surface area contributed by atoms with Crippen molar-refractivity contribution in [2.45, 2.75) is 65.0 Å². The van der Waals surface area contributed by atoms with Gasteiger partial charge < -0.3 is 10.2 Å². The van der Waals surface area contributed by atoms with Crippen LogP contribution in [-0.4, -0.2) is 30.5 Å². The average Bonchev–Trinajstić information content (AvgIpc) is 2.80. The van der Waals surface area contributed by atoms with E-state index < -0.39 is 11.6 Å². The van der Waals surface area contributed by atoms with E-state index in [2.05, 4.69) is 12.1 Å². The van der Waals surface area contributed by atoms with Crippen LogP contribution in [0.5, 0.6) is 0 Å². The number of alkyl halides is 1. The fourth-order valence-corrected chi connectivity index (χ4v) is 6.86. The third kappa shape index (κ3) is 2.26. The van der Waals surface area contributed by atoms with Crippen LogP contribution in [0.2, 0.25) is 0 Å². The quantitative estimate of drug-likeness (QED) is 0.723. The van der Waals surface area contributed by atoms with Crippen molar-refractivity contribution in [3.8, 4) is 0 Å². The van der Waals surface area contributed by atoms with Gasteiger partial charge in [-0.1, -0.05) is 19.0 Å². The van der Waals surface area contributed by atoms with Gasteiger partial charge >= 0.3 is 0 Å². The van der Waals surface area contributed by atoms with Crippen LogP contribution in [0, 0.1) is 39.9 Å². The molecule has 7 atom stereocenters. The van der Waals surface area contributed by atoms with Gasteiger partial charge in [0.1, 0.15) is 7.11 Å². The highest BCUT2D eigenvalue weighted by Crippen LogP contribution is 2.64. The molecule has 25 heavy (non-hydrogen) atoms. The van der Waals surface area contributed by atoms with Crippen LogP contribution >= 0.6 is 0 Å². The predicted octanol–water partition coefficient (Wildman–Crippen LogP) is 4.18. The zero-order chi connectivity index (χ0) is 18.0. The number of ketones is 1. The summed E-state index contributed by atoms with van der Waals surface area (Å²) in [6.07, 6.45) is 4.32. The van der Waals surface area contributed by atoms with Crippen molar-refractivity contribution >= 4 is 17.2 Å². The number of oxime groups is 1. The van der Waals surface area contributed by atoms with Gasteiger partial charge in [-0.3, -0.25) is 4.79 Å². The fourth-order valence-electron chi connectivity index (χ4n) is 6.86. The number of carbonyl (C=O) groups excluding carboxylic acids is 1. The van der Waals surface area contributed by atoms with Crippen LogP contribution in [-0.2, 0) is 9.63 Å². The Labute approximate surface area is 149 Å². The highest BCUT2D eigenvalue weighted by atomic mass is 19.1. The molecule has 0 aliphatic heterocycles. The molecule has 0 aromatic rings. The van der Waals surface area contributed by atoms with Gasteiger partial charge in [0.2, 0.25) is 0 Å². The minimum Gasteiger partial charge on any atom is -0.399 e. The van der Waals surface area contributed by atoms with E-state index in [0.717, 1.165) is 49.9 Å². The summed E-state index contributed by atoms with van der Waals surface area (Å²) in [4.78, 5) is 17.6. The zero-order valence-corrected chi connectivity index (χ0v) is 15.5. The Hall–Kier alpha value is -1.26. The van der Waals surface area contributed by atoms with E-state index >= 15 is 0 Å². The van der Waals surface area contributed by atoms with Gasteiger partial charge in [-0.2, -0.15) is 0 Å². The van der Waals surface area contributed by atoms with Crippen molar-refractivity contribution in [1.82, 2.24) is 0 Å². The van der Waals surface area contributed by atoms with E-state index in [1.54, 1.807) is 7.11 Å². The average molecular weight is 348 g/mol. The van der Waals surface area contributed by atoms with Crippen molar-refractivity contribution in [3.05, 3.63) is 0 Å². The third-order valence-electron chi connectivity index (χ3n) is 8.25. The molecule has 0 bridgehead atoms. The maximum absolute atomic E-state index is 14.3. The summed E-state index contributed by atoms with van der Waals surface area (Å²) in [6.45, 7) is 4.34. The van der Waals surface area contributed by atoms with Crippen molar-refractivity contribution < 1.29 is 14.0 Å². The Kier molecular flexibility index (Phi) is 3.86. The molecule has 0 spiro atoms. The van der Waals surface area contributed by atoms with Crippen molar-refractivity contribution in [2.75, 3.05) is 7.11 Å². The van der Waals surface area contributed by atoms with Gasteiger partial charge in [0.05, 0.1) is 5.71 Å². The summed E-state index contributed by atoms with van der Waals surface area (Å²) in [5.41, 5.74) is 1.44. The largest absolute Gasteiger partial charge is 0.399 e.